The van der Waals surface area contributed by atoms with Crippen molar-refractivity contribution in [3.8, 4) is 0 Å². The lowest BCUT2D eigenvalue weighted by Gasteiger charge is -2.01. The number of oxazole rings is 1. The fraction of sp³-hybridized carbons (Fsp3) is 0.0714. The zero-order valence-corrected chi connectivity index (χ0v) is 12.4. The topological polar surface area (TPSA) is 86.2 Å². The van der Waals surface area contributed by atoms with Gasteiger partial charge in [-0.3, -0.25) is 0 Å². The predicted molar refractivity (Wildman–Crippen MR) is 80.8 cm³/mol. The Morgan fingerprint density at radius 3 is 2.52 bits per heavy atom. The molecule has 0 radical (unpaired) electrons. The molecule has 0 saturated carbocycles. The van der Waals surface area contributed by atoms with Gasteiger partial charge in [0.1, 0.15) is 11.3 Å². The summed E-state index contributed by atoms with van der Waals surface area (Å²) in [5.41, 5.74) is 7.16. The number of hydrogen-bond acceptors (Lipinski definition) is 5. The Balaban J connectivity index is 1.97. The normalized spacial score (nSPS) is 11.9. The first-order valence-corrected chi connectivity index (χ1v) is 8.11. The summed E-state index contributed by atoms with van der Waals surface area (Å²) in [5.74, 6) is -0.221. The van der Waals surface area contributed by atoms with Crippen LogP contribution in [0.25, 0.3) is 11.1 Å². The molecule has 7 heteroatoms. The van der Waals surface area contributed by atoms with Crippen LogP contribution in [0.1, 0.15) is 5.89 Å². The molecular formula is C14H11ClN2O3S. The van der Waals surface area contributed by atoms with Gasteiger partial charge in [-0.05, 0) is 36.4 Å². The smallest absolute Gasteiger partial charge is 0.211 e. The second-order valence-electron chi connectivity index (χ2n) is 4.51. The number of anilines is 1. The molecule has 0 amide bonds. The van der Waals surface area contributed by atoms with E-state index >= 15 is 0 Å². The highest BCUT2D eigenvalue weighted by atomic mass is 35.5. The van der Waals surface area contributed by atoms with Gasteiger partial charge in [0.05, 0.1) is 10.6 Å². The van der Waals surface area contributed by atoms with Crippen molar-refractivity contribution in [3.63, 3.8) is 0 Å². The van der Waals surface area contributed by atoms with Crippen LogP contribution in [-0.2, 0) is 15.6 Å². The summed E-state index contributed by atoms with van der Waals surface area (Å²) in [5, 5.41) is 0.476. The molecule has 0 saturated heterocycles. The molecule has 0 aliphatic carbocycles. The molecule has 0 aliphatic rings. The lowest BCUT2D eigenvalue weighted by Crippen LogP contribution is -2.05. The number of sulfone groups is 1. The number of rotatable bonds is 3. The highest BCUT2D eigenvalue weighted by Gasteiger charge is 2.19. The van der Waals surface area contributed by atoms with Crippen LogP contribution in [0, 0.1) is 0 Å². The van der Waals surface area contributed by atoms with E-state index in [0.29, 0.717) is 21.8 Å². The van der Waals surface area contributed by atoms with E-state index < -0.39 is 9.84 Å². The van der Waals surface area contributed by atoms with Gasteiger partial charge in [-0.1, -0.05) is 17.7 Å². The van der Waals surface area contributed by atoms with E-state index in [1.165, 1.54) is 24.3 Å². The van der Waals surface area contributed by atoms with E-state index in [2.05, 4.69) is 4.98 Å². The van der Waals surface area contributed by atoms with Crippen molar-refractivity contribution in [1.82, 2.24) is 4.98 Å². The number of aromatic nitrogens is 1. The largest absolute Gasteiger partial charge is 0.439 e. The van der Waals surface area contributed by atoms with E-state index in [9.17, 15) is 8.42 Å². The Bertz CT molecular complexity index is 902. The summed E-state index contributed by atoms with van der Waals surface area (Å²) in [7, 11) is -3.55. The standard InChI is InChI=1S/C14H11ClN2O3S/c15-9-4-6-10(7-5-9)21(18,19)8-13-17-14-11(16)2-1-3-12(14)20-13/h1-7H,8,16H2. The minimum absolute atomic E-state index is 0.109. The summed E-state index contributed by atoms with van der Waals surface area (Å²) < 4.78 is 30.0. The van der Waals surface area contributed by atoms with Crippen molar-refractivity contribution in [1.29, 1.82) is 0 Å². The fourth-order valence-corrected chi connectivity index (χ4v) is 3.26. The minimum atomic E-state index is -3.55. The molecular weight excluding hydrogens is 312 g/mol. The molecule has 108 valence electrons. The van der Waals surface area contributed by atoms with Crippen LogP contribution in [0.4, 0.5) is 5.69 Å². The summed E-state index contributed by atoms with van der Waals surface area (Å²) in [6.07, 6.45) is 0. The minimum Gasteiger partial charge on any atom is -0.439 e. The molecule has 0 bridgehead atoms. The van der Waals surface area contributed by atoms with Gasteiger partial charge in [-0.25, -0.2) is 13.4 Å². The Morgan fingerprint density at radius 2 is 1.86 bits per heavy atom. The predicted octanol–water partition coefficient (Wildman–Crippen LogP) is 3.04. The SMILES string of the molecule is Nc1cccc2oc(CS(=O)(=O)c3ccc(Cl)cc3)nc12. The van der Waals surface area contributed by atoms with Crippen molar-refractivity contribution in [3.05, 3.63) is 53.4 Å². The monoisotopic (exact) mass is 322 g/mol. The highest BCUT2D eigenvalue weighted by Crippen LogP contribution is 2.24. The number of nitrogens with zero attached hydrogens (tertiary/aromatic N) is 1. The van der Waals surface area contributed by atoms with Crippen LogP contribution in [0.2, 0.25) is 5.02 Å². The Kier molecular flexibility index (Phi) is 3.35. The van der Waals surface area contributed by atoms with E-state index in [1.54, 1.807) is 18.2 Å². The molecule has 2 N–H and O–H groups in total. The maximum Gasteiger partial charge on any atom is 0.211 e. The summed E-state index contributed by atoms with van der Waals surface area (Å²) in [6.45, 7) is 0. The second-order valence-corrected chi connectivity index (χ2v) is 6.94. The Morgan fingerprint density at radius 1 is 1.14 bits per heavy atom. The van der Waals surface area contributed by atoms with Crippen LogP contribution in [0.5, 0.6) is 0 Å². The van der Waals surface area contributed by atoms with Gasteiger partial charge in [0.25, 0.3) is 0 Å². The number of para-hydroxylation sites is 1. The van der Waals surface area contributed by atoms with Gasteiger partial charge >= 0.3 is 0 Å². The van der Waals surface area contributed by atoms with Crippen molar-refractivity contribution in [2.24, 2.45) is 0 Å². The number of nitrogens with two attached hydrogens (primary N) is 1. The average molecular weight is 323 g/mol. The molecule has 0 spiro atoms. The molecule has 3 aromatic rings. The lowest BCUT2D eigenvalue weighted by molar-refractivity contribution is 0.540. The number of halogens is 1. The van der Waals surface area contributed by atoms with E-state index in [1.807, 2.05) is 0 Å². The maximum absolute atomic E-state index is 12.3. The summed E-state index contributed by atoms with van der Waals surface area (Å²) in [4.78, 5) is 4.31. The van der Waals surface area contributed by atoms with Gasteiger partial charge < -0.3 is 10.2 Å². The van der Waals surface area contributed by atoms with E-state index in [-0.39, 0.29) is 16.5 Å². The third-order valence-corrected chi connectivity index (χ3v) is 4.85. The third-order valence-electron chi connectivity index (χ3n) is 2.98. The van der Waals surface area contributed by atoms with Crippen LogP contribution < -0.4 is 5.73 Å². The fourth-order valence-electron chi connectivity index (χ4n) is 1.97. The van der Waals surface area contributed by atoms with Crippen LogP contribution in [0.3, 0.4) is 0 Å². The van der Waals surface area contributed by atoms with Crippen LogP contribution in [0.15, 0.2) is 51.8 Å². The second kappa shape index (κ2) is 5.05. The highest BCUT2D eigenvalue weighted by molar-refractivity contribution is 7.90. The first-order valence-electron chi connectivity index (χ1n) is 6.08. The first-order chi connectivity index (χ1) is 9.95. The lowest BCUT2D eigenvalue weighted by atomic mass is 10.3. The zero-order chi connectivity index (χ0) is 15.0. The summed E-state index contributed by atoms with van der Waals surface area (Å²) >= 11 is 5.75. The van der Waals surface area contributed by atoms with Crippen LogP contribution in [-0.4, -0.2) is 13.4 Å². The van der Waals surface area contributed by atoms with Gasteiger partial charge in [-0.15, -0.1) is 0 Å². The van der Waals surface area contributed by atoms with Crippen molar-refractivity contribution >= 4 is 38.2 Å². The number of fused-ring (bicyclic) bond motifs is 1. The van der Waals surface area contributed by atoms with Gasteiger partial charge in [0.15, 0.2) is 15.4 Å². The van der Waals surface area contributed by atoms with E-state index in [4.69, 9.17) is 21.8 Å². The van der Waals surface area contributed by atoms with Gasteiger partial charge in [-0.2, -0.15) is 0 Å². The first kappa shape index (κ1) is 13.9. The molecule has 0 unspecified atom stereocenters. The molecule has 3 rings (SSSR count). The summed E-state index contributed by atoms with van der Waals surface area (Å²) in [6, 6.07) is 11.1. The molecule has 0 aliphatic heterocycles. The average Bonchev–Trinajstić information content (AvgIpc) is 2.82. The van der Waals surface area contributed by atoms with E-state index in [0.717, 1.165) is 0 Å². The van der Waals surface area contributed by atoms with Gasteiger partial charge in [0.2, 0.25) is 5.89 Å². The molecule has 21 heavy (non-hydrogen) atoms. The zero-order valence-electron chi connectivity index (χ0n) is 10.8. The maximum atomic E-state index is 12.3. The molecule has 1 heterocycles. The molecule has 5 nitrogen and oxygen atoms in total. The number of hydrogen-bond donors (Lipinski definition) is 1. The Hall–Kier alpha value is -2.05. The molecule has 1 aromatic heterocycles. The number of nitrogen functional groups attached to an aromatic ring is 1. The molecule has 2 aromatic carbocycles. The molecule has 0 fully saturated rings. The Labute approximate surface area is 126 Å². The third kappa shape index (κ3) is 2.72. The van der Waals surface area contributed by atoms with Crippen molar-refractivity contribution in [2.45, 2.75) is 10.6 Å². The molecule has 0 atom stereocenters. The van der Waals surface area contributed by atoms with Crippen molar-refractivity contribution < 1.29 is 12.8 Å². The number of benzene rings is 2. The van der Waals surface area contributed by atoms with Crippen LogP contribution >= 0.6 is 11.6 Å². The quantitative estimate of drug-likeness (QED) is 0.749. The van der Waals surface area contributed by atoms with Crippen molar-refractivity contribution in [2.75, 3.05) is 5.73 Å². The van der Waals surface area contributed by atoms with Gasteiger partial charge in [0, 0.05) is 5.02 Å².